The van der Waals surface area contributed by atoms with Gasteiger partial charge in [0.05, 0.1) is 6.54 Å². The van der Waals surface area contributed by atoms with E-state index in [2.05, 4.69) is 48.4 Å². The van der Waals surface area contributed by atoms with Crippen molar-refractivity contribution in [2.24, 2.45) is 10.9 Å². The second-order valence-corrected chi connectivity index (χ2v) is 7.62. The van der Waals surface area contributed by atoms with Gasteiger partial charge >= 0.3 is 0 Å². The maximum Gasteiger partial charge on any atom is 0.220 e. The fourth-order valence-corrected chi connectivity index (χ4v) is 3.40. The van der Waals surface area contributed by atoms with Gasteiger partial charge < -0.3 is 20.3 Å². The van der Waals surface area contributed by atoms with Gasteiger partial charge in [-0.3, -0.25) is 4.79 Å². The molecule has 0 saturated carbocycles. The molecule has 1 fully saturated rings. The van der Waals surface area contributed by atoms with Crippen molar-refractivity contribution in [3.8, 4) is 5.75 Å². The summed E-state index contributed by atoms with van der Waals surface area (Å²) in [5.74, 6) is 2.97. The summed E-state index contributed by atoms with van der Waals surface area (Å²) in [6.07, 6.45) is 2.68. The van der Waals surface area contributed by atoms with E-state index in [4.69, 9.17) is 9.73 Å². The number of hydrogen-bond donors (Lipinski definition) is 2. The minimum Gasteiger partial charge on any atom is -0.492 e. The van der Waals surface area contributed by atoms with Crippen LogP contribution in [0.2, 0.25) is 0 Å². The van der Waals surface area contributed by atoms with Crippen LogP contribution < -0.4 is 15.4 Å². The van der Waals surface area contributed by atoms with Gasteiger partial charge in [0.25, 0.3) is 0 Å². The quantitative estimate of drug-likeness (QED) is 0.408. The number of nitrogens with one attached hydrogen (secondary N) is 2. The summed E-state index contributed by atoms with van der Waals surface area (Å²) in [5, 5.41) is 6.10. The van der Waals surface area contributed by atoms with Crippen molar-refractivity contribution in [3.05, 3.63) is 29.8 Å². The maximum atomic E-state index is 11.6. The van der Waals surface area contributed by atoms with E-state index >= 15 is 0 Å². The summed E-state index contributed by atoms with van der Waals surface area (Å²) in [6, 6.07) is 8.30. The Kier molecular flexibility index (Phi) is 9.11. The average molecular weight is 389 g/mol. The molecule has 2 N–H and O–H groups in total. The summed E-state index contributed by atoms with van der Waals surface area (Å²) < 4.78 is 5.83. The molecule has 6 heteroatoms. The molecule has 0 atom stereocenters. The van der Waals surface area contributed by atoms with Gasteiger partial charge in [-0.25, -0.2) is 4.99 Å². The van der Waals surface area contributed by atoms with Crippen LogP contribution in [0.15, 0.2) is 29.3 Å². The van der Waals surface area contributed by atoms with Crippen molar-refractivity contribution in [1.82, 2.24) is 15.5 Å². The maximum absolute atomic E-state index is 11.6. The van der Waals surface area contributed by atoms with Crippen molar-refractivity contribution in [2.45, 2.75) is 46.0 Å². The molecule has 1 heterocycles. The zero-order valence-corrected chi connectivity index (χ0v) is 17.8. The molecule has 2 rings (SSSR count). The van der Waals surface area contributed by atoms with E-state index in [1.54, 1.807) is 7.05 Å². The lowest BCUT2D eigenvalue weighted by Crippen LogP contribution is -2.46. The summed E-state index contributed by atoms with van der Waals surface area (Å²) >= 11 is 0. The Balaban J connectivity index is 1.79. The minimum absolute atomic E-state index is 0.137. The van der Waals surface area contributed by atoms with Gasteiger partial charge in [-0.05, 0) is 49.3 Å². The normalized spacial score (nSPS) is 15.6. The predicted molar refractivity (Wildman–Crippen MR) is 115 cm³/mol. The number of likely N-dealkylation sites (tertiary alicyclic amines) is 1. The number of hydrogen-bond acceptors (Lipinski definition) is 3. The van der Waals surface area contributed by atoms with Gasteiger partial charge in [0.2, 0.25) is 5.91 Å². The Bertz CT molecular complexity index is 620. The van der Waals surface area contributed by atoms with Gasteiger partial charge in [-0.1, -0.05) is 26.0 Å². The van der Waals surface area contributed by atoms with Gasteiger partial charge in [-0.15, -0.1) is 0 Å². The molecule has 0 aromatic heterocycles. The largest absolute Gasteiger partial charge is 0.492 e. The topological polar surface area (TPSA) is 66.0 Å². The Morgan fingerprint density at radius 1 is 1.25 bits per heavy atom. The molecule has 1 amide bonds. The van der Waals surface area contributed by atoms with Crippen LogP contribution in [-0.2, 0) is 4.79 Å². The van der Waals surface area contributed by atoms with Crippen LogP contribution in [-0.4, -0.2) is 56.6 Å². The molecule has 0 unspecified atom stereocenters. The van der Waals surface area contributed by atoms with E-state index in [1.807, 2.05) is 12.1 Å². The average Bonchev–Trinajstić information content (AvgIpc) is 2.71. The zero-order valence-electron chi connectivity index (χ0n) is 17.8. The third kappa shape index (κ3) is 7.06. The summed E-state index contributed by atoms with van der Waals surface area (Å²) in [4.78, 5) is 18.6. The number of benzene rings is 1. The first-order valence-corrected chi connectivity index (χ1v) is 10.5. The van der Waals surface area contributed by atoms with E-state index in [9.17, 15) is 4.79 Å². The highest BCUT2D eigenvalue weighted by Gasteiger charge is 2.22. The van der Waals surface area contributed by atoms with Crippen LogP contribution >= 0.6 is 0 Å². The van der Waals surface area contributed by atoms with Crippen molar-refractivity contribution in [3.63, 3.8) is 0 Å². The summed E-state index contributed by atoms with van der Waals surface area (Å²) in [6.45, 7) is 10.4. The number of rotatable bonds is 8. The molecular formula is C22H36N4O2. The smallest absolute Gasteiger partial charge is 0.220 e. The van der Waals surface area contributed by atoms with E-state index in [1.165, 1.54) is 5.56 Å². The van der Waals surface area contributed by atoms with Gasteiger partial charge in [-0.2, -0.15) is 0 Å². The molecule has 0 bridgehead atoms. The number of nitrogens with zero attached hydrogens (tertiary/aromatic N) is 2. The number of aliphatic imine (C=N–C) groups is 1. The molecule has 0 aliphatic carbocycles. The first kappa shape index (κ1) is 22.1. The molecule has 1 aromatic carbocycles. The summed E-state index contributed by atoms with van der Waals surface area (Å²) in [7, 11) is 1.70. The molecule has 28 heavy (non-hydrogen) atoms. The Morgan fingerprint density at radius 2 is 1.93 bits per heavy atom. The molecular weight excluding hydrogens is 352 g/mol. The monoisotopic (exact) mass is 388 g/mol. The second-order valence-electron chi connectivity index (χ2n) is 7.62. The lowest BCUT2D eigenvalue weighted by molar-refractivity contribution is -0.121. The van der Waals surface area contributed by atoms with Crippen LogP contribution in [0.5, 0.6) is 5.75 Å². The van der Waals surface area contributed by atoms with Gasteiger partial charge in [0, 0.05) is 33.1 Å². The SMILES string of the molecule is CCNC(=NCCOc1ccc(C(C)C)cc1)N1CCC(CC(=O)NC)CC1. The number of carbonyl (C=O) groups is 1. The Labute approximate surface area is 169 Å². The number of ether oxygens (including phenoxy) is 1. The lowest BCUT2D eigenvalue weighted by atomic mass is 9.93. The zero-order chi connectivity index (χ0) is 20.4. The first-order chi connectivity index (χ1) is 13.5. The van der Waals surface area contributed by atoms with Crippen molar-refractivity contribution in [2.75, 3.05) is 39.8 Å². The molecule has 0 spiro atoms. The molecule has 1 aliphatic heterocycles. The highest BCUT2D eigenvalue weighted by atomic mass is 16.5. The van der Waals surface area contributed by atoms with Crippen LogP contribution in [0.25, 0.3) is 0 Å². The first-order valence-electron chi connectivity index (χ1n) is 10.5. The molecule has 0 radical (unpaired) electrons. The summed E-state index contributed by atoms with van der Waals surface area (Å²) in [5.41, 5.74) is 1.32. The minimum atomic E-state index is 0.137. The number of amides is 1. The van der Waals surface area contributed by atoms with Crippen LogP contribution in [0.3, 0.4) is 0 Å². The predicted octanol–water partition coefficient (Wildman–Crippen LogP) is 3.00. The fraction of sp³-hybridized carbons (Fsp3) is 0.636. The number of guanidine groups is 1. The fourth-order valence-electron chi connectivity index (χ4n) is 3.40. The second kappa shape index (κ2) is 11.6. The van der Waals surface area contributed by atoms with E-state index in [0.717, 1.165) is 44.2 Å². The van der Waals surface area contributed by atoms with E-state index < -0.39 is 0 Å². The molecule has 1 aromatic rings. The molecule has 1 saturated heterocycles. The van der Waals surface area contributed by atoms with Crippen LogP contribution in [0.4, 0.5) is 0 Å². The highest BCUT2D eigenvalue weighted by Crippen LogP contribution is 2.21. The van der Waals surface area contributed by atoms with E-state index in [0.29, 0.717) is 31.4 Å². The van der Waals surface area contributed by atoms with Gasteiger partial charge in [0.15, 0.2) is 5.96 Å². The number of piperidine rings is 1. The Hall–Kier alpha value is -2.24. The van der Waals surface area contributed by atoms with Crippen molar-refractivity contribution >= 4 is 11.9 Å². The molecule has 1 aliphatic rings. The lowest BCUT2D eigenvalue weighted by Gasteiger charge is -2.34. The molecule has 156 valence electrons. The van der Waals surface area contributed by atoms with Crippen molar-refractivity contribution < 1.29 is 9.53 Å². The molecule has 6 nitrogen and oxygen atoms in total. The third-order valence-corrected chi connectivity index (χ3v) is 5.17. The van der Waals surface area contributed by atoms with E-state index in [-0.39, 0.29) is 5.91 Å². The Morgan fingerprint density at radius 3 is 2.50 bits per heavy atom. The van der Waals surface area contributed by atoms with Crippen LogP contribution in [0, 0.1) is 5.92 Å². The number of carbonyl (C=O) groups excluding carboxylic acids is 1. The third-order valence-electron chi connectivity index (χ3n) is 5.17. The van der Waals surface area contributed by atoms with Crippen LogP contribution in [0.1, 0.15) is 51.5 Å². The van der Waals surface area contributed by atoms with Crippen molar-refractivity contribution in [1.29, 1.82) is 0 Å². The highest BCUT2D eigenvalue weighted by molar-refractivity contribution is 5.80. The standard InChI is InChI=1S/C22H36N4O2/c1-5-24-22(26-13-10-18(11-14-26)16-21(27)23-4)25-12-15-28-20-8-6-19(7-9-20)17(2)3/h6-9,17-18H,5,10-16H2,1-4H3,(H,23,27)(H,24,25). The van der Waals surface area contributed by atoms with Gasteiger partial charge in [0.1, 0.15) is 12.4 Å².